The van der Waals surface area contributed by atoms with Gasteiger partial charge < -0.3 is 46.6 Å². The maximum Gasteiger partial charge on any atom is 0.317 e. The average molecular weight is 652 g/mol. The van der Waals surface area contributed by atoms with Crippen LogP contribution in [0.25, 0.3) is 0 Å². The zero-order valence-electron chi connectivity index (χ0n) is 24.6. The number of carbonyl (C=O) groups excluding carboxylic acids is 2. The Morgan fingerprint density at radius 2 is 0.578 bits per heavy atom. The molecule has 0 saturated carbocycles. The van der Waals surface area contributed by atoms with E-state index >= 15 is 0 Å². The van der Waals surface area contributed by atoms with Gasteiger partial charge in [0.1, 0.15) is 0 Å². The second-order valence-corrected chi connectivity index (χ2v) is 9.65. The number of carboxylic acids is 6. The molecule has 0 atom stereocenters. The predicted octanol–water partition coefficient (Wildman–Crippen LogP) is -5.48. The van der Waals surface area contributed by atoms with Crippen molar-refractivity contribution in [1.82, 2.24) is 35.6 Å². The first-order chi connectivity index (χ1) is 21.1. The second-order valence-electron chi connectivity index (χ2n) is 9.65. The molecule has 45 heavy (non-hydrogen) atoms. The molecule has 0 unspecified atom stereocenters. The first kappa shape index (κ1) is 40.6. The van der Waals surface area contributed by atoms with E-state index in [9.17, 15) is 38.4 Å². The molecule has 0 spiro atoms. The van der Waals surface area contributed by atoms with Crippen LogP contribution in [0.1, 0.15) is 0 Å². The molecular weight excluding hydrogens is 610 g/mol. The van der Waals surface area contributed by atoms with Crippen molar-refractivity contribution in [3.8, 4) is 0 Å². The number of aliphatic carboxylic acids is 6. The van der Waals surface area contributed by atoms with E-state index in [1.54, 1.807) is 0 Å². The molecule has 9 N–H and O–H groups in total. The molecule has 0 aliphatic rings. The zero-order chi connectivity index (χ0) is 34.4. The molecule has 0 fully saturated rings. The molecule has 0 aromatic rings. The summed E-state index contributed by atoms with van der Waals surface area (Å²) in [7, 11) is 0. The van der Waals surface area contributed by atoms with Crippen LogP contribution in [-0.2, 0) is 38.4 Å². The van der Waals surface area contributed by atoms with Gasteiger partial charge in [0.25, 0.3) is 0 Å². The summed E-state index contributed by atoms with van der Waals surface area (Å²) in [4.78, 5) is 95.1. The lowest BCUT2D eigenvalue weighted by Crippen LogP contribution is -2.46. The number of hydrogen-bond acceptors (Lipinski definition) is 13. The van der Waals surface area contributed by atoms with Crippen LogP contribution < -0.4 is 16.0 Å². The molecule has 256 valence electrons. The zero-order valence-corrected chi connectivity index (χ0v) is 24.6. The molecule has 21 nitrogen and oxygen atoms in total. The van der Waals surface area contributed by atoms with Crippen molar-refractivity contribution >= 4 is 47.6 Å². The number of carbonyl (C=O) groups is 8. The summed E-state index contributed by atoms with van der Waals surface area (Å²) in [6.07, 6.45) is 0. The predicted molar refractivity (Wildman–Crippen MR) is 150 cm³/mol. The summed E-state index contributed by atoms with van der Waals surface area (Å²) in [5, 5.41) is 61.9. The van der Waals surface area contributed by atoms with Crippen molar-refractivity contribution in [2.24, 2.45) is 0 Å². The highest BCUT2D eigenvalue weighted by Crippen LogP contribution is 1.96. The minimum absolute atomic E-state index is 0.0783. The third-order valence-electron chi connectivity index (χ3n) is 5.60. The van der Waals surface area contributed by atoms with E-state index in [1.807, 2.05) is 0 Å². The molecule has 0 aliphatic heterocycles. The third-order valence-corrected chi connectivity index (χ3v) is 5.60. The molecule has 21 heteroatoms. The number of nitrogens with zero attached hydrogens (tertiary/aromatic N) is 4. The molecule has 2 amide bonds. The van der Waals surface area contributed by atoms with Crippen LogP contribution in [0.3, 0.4) is 0 Å². The Balaban J connectivity index is 4.51. The van der Waals surface area contributed by atoms with Gasteiger partial charge in [-0.25, -0.2) is 0 Å². The molecule has 0 aliphatic carbocycles. The van der Waals surface area contributed by atoms with Crippen LogP contribution in [0.5, 0.6) is 0 Å². The molecule has 0 heterocycles. The summed E-state index contributed by atoms with van der Waals surface area (Å²) >= 11 is 0. The van der Waals surface area contributed by atoms with Crippen LogP contribution in [0, 0.1) is 0 Å². The summed E-state index contributed by atoms with van der Waals surface area (Å²) in [5.41, 5.74) is 0. The molecule has 0 bridgehead atoms. The van der Waals surface area contributed by atoms with Gasteiger partial charge in [0, 0.05) is 52.4 Å². The minimum Gasteiger partial charge on any atom is -0.480 e. The molecule has 0 rings (SSSR count). The Bertz CT molecular complexity index is 918. The average Bonchev–Trinajstić information content (AvgIpc) is 2.87. The second kappa shape index (κ2) is 23.0. The Labute approximate surface area is 257 Å². The van der Waals surface area contributed by atoms with Crippen molar-refractivity contribution < 1.29 is 69.0 Å². The lowest BCUT2D eigenvalue weighted by atomic mass is 10.3. The Kier molecular flexibility index (Phi) is 20.7. The first-order valence-corrected chi connectivity index (χ1v) is 13.5. The highest BCUT2D eigenvalue weighted by molar-refractivity contribution is 5.79. The standard InChI is InChI=1S/C24H41N7O14/c32-17(9-28(11-19(34)35)5-7-30(13-21(38)39)14-22(40)41)26-3-1-25-2-4-27-18(33)10-29(12-20(36)37)6-8-31(15-23(42)43)16-24(44)45/h25H,1-16H2,(H,26,32)(H,27,33)(H,34,35)(H,36,37)(H,38,39)(H,40,41)(H,42,43)(H,44,45). The summed E-state index contributed by atoms with van der Waals surface area (Å²) in [6.45, 7) is -3.62. The highest BCUT2D eigenvalue weighted by atomic mass is 16.4. The van der Waals surface area contributed by atoms with E-state index in [4.69, 9.17) is 30.6 Å². The van der Waals surface area contributed by atoms with Gasteiger partial charge in [0.05, 0.1) is 52.4 Å². The molecule has 0 aromatic heterocycles. The topological polar surface area (TPSA) is 307 Å². The molecule has 0 saturated heterocycles. The summed E-state index contributed by atoms with van der Waals surface area (Å²) in [6, 6.07) is 0. The van der Waals surface area contributed by atoms with Crippen molar-refractivity contribution in [3.05, 3.63) is 0 Å². The number of nitrogens with one attached hydrogen (secondary N) is 3. The van der Waals surface area contributed by atoms with Gasteiger partial charge in [-0.2, -0.15) is 0 Å². The van der Waals surface area contributed by atoms with Crippen molar-refractivity contribution in [3.63, 3.8) is 0 Å². The van der Waals surface area contributed by atoms with Gasteiger partial charge in [-0.05, 0) is 0 Å². The van der Waals surface area contributed by atoms with Crippen LogP contribution in [0.4, 0.5) is 0 Å². The van der Waals surface area contributed by atoms with Crippen LogP contribution in [0.2, 0.25) is 0 Å². The van der Waals surface area contributed by atoms with E-state index in [2.05, 4.69) is 16.0 Å². The number of rotatable bonds is 28. The first-order valence-electron chi connectivity index (χ1n) is 13.5. The van der Waals surface area contributed by atoms with Gasteiger partial charge in [0.15, 0.2) is 0 Å². The van der Waals surface area contributed by atoms with E-state index < -0.39 is 86.9 Å². The fourth-order valence-electron chi connectivity index (χ4n) is 3.79. The lowest BCUT2D eigenvalue weighted by Gasteiger charge is -2.24. The van der Waals surface area contributed by atoms with E-state index in [-0.39, 0.29) is 65.4 Å². The number of hydrogen-bond donors (Lipinski definition) is 9. The Morgan fingerprint density at radius 3 is 0.800 bits per heavy atom. The van der Waals surface area contributed by atoms with E-state index in [0.717, 1.165) is 9.80 Å². The third kappa shape index (κ3) is 24.7. The summed E-state index contributed by atoms with van der Waals surface area (Å²) in [5.74, 6) is -8.58. The summed E-state index contributed by atoms with van der Waals surface area (Å²) < 4.78 is 0. The lowest BCUT2D eigenvalue weighted by molar-refractivity contribution is -0.144. The SMILES string of the molecule is O=C(O)CN(CCN(CC(=O)O)CC(=O)NCCNCCNC(=O)CN(CCN(CC(=O)O)CC(=O)O)CC(=O)O)CC(=O)O. The Morgan fingerprint density at radius 1 is 0.356 bits per heavy atom. The van der Waals surface area contributed by atoms with Crippen molar-refractivity contribution in [2.45, 2.75) is 0 Å². The monoisotopic (exact) mass is 651 g/mol. The fourth-order valence-corrected chi connectivity index (χ4v) is 3.79. The highest BCUT2D eigenvalue weighted by Gasteiger charge is 2.20. The van der Waals surface area contributed by atoms with Crippen molar-refractivity contribution in [2.75, 3.05) is 105 Å². The quantitative estimate of drug-likeness (QED) is 0.0356. The van der Waals surface area contributed by atoms with Crippen LogP contribution >= 0.6 is 0 Å². The van der Waals surface area contributed by atoms with Gasteiger partial charge in [-0.3, -0.25) is 58.0 Å². The van der Waals surface area contributed by atoms with Gasteiger partial charge in [-0.15, -0.1) is 0 Å². The van der Waals surface area contributed by atoms with Crippen LogP contribution in [-0.4, -0.2) is 203 Å². The van der Waals surface area contributed by atoms with E-state index in [0.29, 0.717) is 0 Å². The maximum absolute atomic E-state index is 12.3. The minimum atomic E-state index is -1.26. The van der Waals surface area contributed by atoms with E-state index in [1.165, 1.54) is 9.80 Å². The molecule has 0 radical (unpaired) electrons. The number of carboxylic acid groups (broad SMARTS) is 6. The fraction of sp³-hybridized carbons (Fsp3) is 0.667. The molecule has 0 aromatic carbocycles. The van der Waals surface area contributed by atoms with Crippen molar-refractivity contribution in [1.29, 1.82) is 0 Å². The molecular formula is C24H41N7O14. The van der Waals surface area contributed by atoms with Gasteiger partial charge >= 0.3 is 35.8 Å². The number of amides is 2. The van der Waals surface area contributed by atoms with Gasteiger partial charge in [0.2, 0.25) is 11.8 Å². The largest absolute Gasteiger partial charge is 0.480 e. The maximum atomic E-state index is 12.3. The van der Waals surface area contributed by atoms with Crippen LogP contribution in [0.15, 0.2) is 0 Å². The normalized spacial score (nSPS) is 11.1. The Hall–Kier alpha value is -4.44. The smallest absolute Gasteiger partial charge is 0.317 e. The van der Waals surface area contributed by atoms with Gasteiger partial charge in [-0.1, -0.05) is 0 Å².